The molecule has 3 aromatic carbocycles. The Bertz CT molecular complexity index is 950. The van der Waals surface area contributed by atoms with Gasteiger partial charge in [-0.1, -0.05) is 42.5 Å². The third kappa shape index (κ3) is 2.87. The smallest absolute Gasteiger partial charge is 0.231 e. The van der Waals surface area contributed by atoms with E-state index in [-0.39, 0.29) is 18.8 Å². The number of ether oxygens (including phenoxy) is 4. The number of fused-ring (bicyclic) bond motifs is 2. The second kappa shape index (κ2) is 6.54. The Balaban J connectivity index is 1.59. The summed E-state index contributed by atoms with van der Waals surface area (Å²) >= 11 is 0. The van der Waals surface area contributed by atoms with E-state index in [1.54, 1.807) is 7.11 Å². The molecule has 0 amide bonds. The molecule has 4 nitrogen and oxygen atoms in total. The molecule has 0 N–H and O–H groups in total. The highest BCUT2D eigenvalue weighted by Crippen LogP contribution is 2.50. The van der Waals surface area contributed by atoms with E-state index in [1.807, 2.05) is 24.3 Å². The van der Waals surface area contributed by atoms with Crippen molar-refractivity contribution in [3.8, 4) is 23.0 Å². The number of hydrogen-bond donors (Lipinski definition) is 0. The first-order chi connectivity index (χ1) is 13.3. The van der Waals surface area contributed by atoms with Crippen LogP contribution in [-0.4, -0.2) is 13.9 Å². The van der Waals surface area contributed by atoms with E-state index in [4.69, 9.17) is 18.9 Å². The van der Waals surface area contributed by atoms with E-state index in [0.717, 1.165) is 35.0 Å². The molecule has 0 aromatic heterocycles. The summed E-state index contributed by atoms with van der Waals surface area (Å²) in [5.74, 6) is 3.46. The molecular weight excluding hydrogens is 340 g/mol. The van der Waals surface area contributed by atoms with Crippen LogP contribution in [0, 0.1) is 0 Å². The predicted octanol–water partition coefficient (Wildman–Crippen LogP) is 5.08. The summed E-state index contributed by atoms with van der Waals surface area (Å²) in [4.78, 5) is 0. The van der Waals surface area contributed by atoms with Crippen molar-refractivity contribution in [2.45, 2.75) is 18.4 Å². The van der Waals surface area contributed by atoms with Gasteiger partial charge in [0, 0.05) is 17.5 Å². The fraction of sp³-hybridized carbons (Fsp3) is 0.217. The molecular formula is C23H20O4. The van der Waals surface area contributed by atoms with Gasteiger partial charge in [-0.05, 0) is 35.7 Å². The van der Waals surface area contributed by atoms with E-state index >= 15 is 0 Å². The molecule has 0 saturated heterocycles. The fourth-order valence-electron chi connectivity index (χ4n) is 3.88. The zero-order valence-electron chi connectivity index (χ0n) is 15.1. The summed E-state index contributed by atoms with van der Waals surface area (Å²) in [7, 11) is 1.69. The quantitative estimate of drug-likeness (QED) is 0.653. The number of methoxy groups -OCH3 is 1. The van der Waals surface area contributed by atoms with E-state index in [2.05, 4.69) is 42.5 Å². The van der Waals surface area contributed by atoms with Gasteiger partial charge in [-0.2, -0.15) is 0 Å². The van der Waals surface area contributed by atoms with Crippen LogP contribution in [0.5, 0.6) is 23.0 Å². The van der Waals surface area contributed by atoms with Gasteiger partial charge in [-0.15, -0.1) is 0 Å². The van der Waals surface area contributed by atoms with Crippen molar-refractivity contribution in [1.82, 2.24) is 0 Å². The molecule has 0 aliphatic carbocycles. The van der Waals surface area contributed by atoms with Crippen LogP contribution < -0.4 is 18.9 Å². The third-order valence-electron chi connectivity index (χ3n) is 5.29. The predicted molar refractivity (Wildman–Crippen MR) is 102 cm³/mol. The standard InChI is InChI=1S/C23H20O4/c1-24-17-9-7-15(8-10-17)18-11-20(16-5-3-2-4-6-16)27-21-13-23-22(12-19(18)21)25-14-26-23/h2-10,12-13,18,20H,11,14H2,1H3/t18-,20-/m0/s1. The van der Waals surface area contributed by atoms with Crippen molar-refractivity contribution in [2.75, 3.05) is 13.9 Å². The Morgan fingerprint density at radius 3 is 2.30 bits per heavy atom. The Labute approximate surface area is 158 Å². The van der Waals surface area contributed by atoms with Crippen LogP contribution in [0.4, 0.5) is 0 Å². The average molecular weight is 360 g/mol. The summed E-state index contributed by atoms with van der Waals surface area (Å²) in [6.45, 7) is 0.257. The minimum atomic E-state index is -0.00817. The van der Waals surface area contributed by atoms with Gasteiger partial charge in [0.1, 0.15) is 17.6 Å². The SMILES string of the molecule is COc1ccc([C@@H]2C[C@@H](c3ccccc3)Oc3cc4c(cc32)OCO4)cc1. The summed E-state index contributed by atoms with van der Waals surface area (Å²) in [6, 6.07) is 22.7. The Morgan fingerprint density at radius 2 is 1.56 bits per heavy atom. The van der Waals surface area contributed by atoms with Crippen molar-refractivity contribution in [1.29, 1.82) is 0 Å². The molecule has 136 valence electrons. The molecule has 2 heterocycles. The van der Waals surface area contributed by atoms with E-state index in [9.17, 15) is 0 Å². The third-order valence-corrected chi connectivity index (χ3v) is 5.29. The molecule has 2 aliphatic rings. The van der Waals surface area contributed by atoms with Gasteiger partial charge in [0.05, 0.1) is 7.11 Å². The van der Waals surface area contributed by atoms with Crippen molar-refractivity contribution >= 4 is 0 Å². The summed E-state index contributed by atoms with van der Waals surface area (Å²) in [5, 5.41) is 0. The highest BCUT2D eigenvalue weighted by Gasteiger charge is 2.33. The minimum absolute atomic E-state index is 0.00817. The maximum atomic E-state index is 6.38. The fourth-order valence-corrected chi connectivity index (χ4v) is 3.88. The highest BCUT2D eigenvalue weighted by atomic mass is 16.7. The molecule has 0 spiro atoms. The largest absolute Gasteiger partial charge is 0.497 e. The lowest BCUT2D eigenvalue weighted by molar-refractivity contribution is 0.166. The van der Waals surface area contributed by atoms with Gasteiger partial charge in [0.2, 0.25) is 6.79 Å². The van der Waals surface area contributed by atoms with Gasteiger partial charge >= 0.3 is 0 Å². The number of benzene rings is 3. The average Bonchev–Trinajstić information content (AvgIpc) is 3.19. The molecule has 5 rings (SSSR count). The molecule has 0 bridgehead atoms. The molecule has 2 atom stereocenters. The Kier molecular flexibility index (Phi) is 3.89. The van der Waals surface area contributed by atoms with Gasteiger partial charge in [-0.25, -0.2) is 0 Å². The molecule has 3 aromatic rings. The Morgan fingerprint density at radius 1 is 0.815 bits per heavy atom. The van der Waals surface area contributed by atoms with Crippen LogP contribution in [0.2, 0.25) is 0 Å². The van der Waals surface area contributed by atoms with E-state index in [1.165, 1.54) is 11.1 Å². The van der Waals surface area contributed by atoms with Crippen molar-refractivity contribution < 1.29 is 18.9 Å². The first-order valence-corrected chi connectivity index (χ1v) is 9.11. The van der Waals surface area contributed by atoms with E-state index in [0.29, 0.717) is 0 Å². The van der Waals surface area contributed by atoms with Crippen molar-refractivity contribution in [2.24, 2.45) is 0 Å². The first-order valence-electron chi connectivity index (χ1n) is 9.11. The monoisotopic (exact) mass is 360 g/mol. The zero-order valence-corrected chi connectivity index (χ0v) is 15.1. The van der Waals surface area contributed by atoms with Crippen LogP contribution in [0.3, 0.4) is 0 Å². The lowest BCUT2D eigenvalue weighted by Crippen LogP contribution is -2.20. The molecule has 2 aliphatic heterocycles. The maximum Gasteiger partial charge on any atom is 0.231 e. The van der Waals surface area contributed by atoms with E-state index < -0.39 is 0 Å². The van der Waals surface area contributed by atoms with Crippen molar-refractivity contribution in [3.05, 3.63) is 83.4 Å². The number of rotatable bonds is 3. The lowest BCUT2D eigenvalue weighted by atomic mass is 9.82. The second-order valence-corrected chi connectivity index (χ2v) is 6.82. The molecule has 0 radical (unpaired) electrons. The van der Waals surface area contributed by atoms with Crippen LogP contribution in [0.15, 0.2) is 66.7 Å². The normalized spacial score (nSPS) is 19.9. The zero-order chi connectivity index (χ0) is 18.2. The van der Waals surface area contributed by atoms with Crippen LogP contribution in [-0.2, 0) is 0 Å². The van der Waals surface area contributed by atoms with Gasteiger partial charge in [0.25, 0.3) is 0 Å². The molecule has 0 saturated carbocycles. The van der Waals surface area contributed by atoms with Gasteiger partial charge < -0.3 is 18.9 Å². The molecule has 0 unspecified atom stereocenters. The molecule has 0 fully saturated rings. The first kappa shape index (κ1) is 16.1. The van der Waals surface area contributed by atoms with Gasteiger partial charge in [0.15, 0.2) is 11.5 Å². The maximum absolute atomic E-state index is 6.38. The van der Waals surface area contributed by atoms with Crippen LogP contribution in [0.25, 0.3) is 0 Å². The summed E-state index contributed by atoms with van der Waals surface area (Å²) in [6.07, 6.45) is 0.856. The Hall–Kier alpha value is -3.14. The second-order valence-electron chi connectivity index (χ2n) is 6.82. The van der Waals surface area contributed by atoms with Crippen LogP contribution in [0.1, 0.15) is 35.1 Å². The van der Waals surface area contributed by atoms with Crippen LogP contribution >= 0.6 is 0 Å². The lowest BCUT2D eigenvalue weighted by Gasteiger charge is -2.33. The molecule has 4 heteroatoms. The summed E-state index contributed by atoms with van der Waals surface area (Å²) in [5.41, 5.74) is 3.55. The minimum Gasteiger partial charge on any atom is -0.497 e. The molecule has 27 heavy (non-hydrogen) atoms. The topological polar surface area (TPSA) is 36.9 Å². The number of hydrogen-bond acceptors (Lipinski definition) is 4. The highest BCUT2D eigenvalue weighted by molar-refractivity contribution is 5.56. The summed E-state index contributed by atoms with van der Waals surface area (Å²) < 4.78 is 22.9. The van der Waals surface area contributed by atoms with Crippen molar-refractivity contribution in [3.63, 3.8) is 0 Å². The van der Waals surface area contributed by atoms with Gasteiger partial charge in [-0.3, -0.25) is 0 Å².